The molecule has 0 heterocycles. The van der Waals surface area contributed by atoms with Crippen molar-refractivity contribution in [3.63, 3.8) is 0 Å². The zero-order valence-electron chi connectivity index (χ0n) is 7.27. The molecule has 2 N–H and O–H groups in total. The average molecular weight is 196 g/mol. The molecule has 0 spiro atoms. The van der Waals surface area contributed by atoms with Crippen LogP contribution >= 0.6 is 7.60 Å². The van der Waals surface area contributed by atoms with Gasteiger partial charge in [-0.3, -0.25) is 9.36 Å². The summed E-state index contributed by atoms with van der Waals surface area (Å²) in [5.74, 6) is -1.34. The highest BCUT2D eigenvalue weighted by Crippen LogP contribution is 2.45. The maximum atomic E-state index is 11.0. The van der Waals surface area contributed by atoms with Gasteiger partial charge >= 0.3 is 13.6 Å². The molecular formula is C6H13O5P. The van der Waals surface area contributed by atoms with Crippen molar-refractivity contribution in [2.75, 3.05) is 6.16 Å². The van der Waals surface area contributed by atoms with E-state index in [9.17, 15) is 9.36 Å². The van der Waals surface area contributed by atoms with E-state index in [1.165, 1.54) is 0 Å². The number of aliphatic carboxylic acids is 1. The zero-order chi connectivity index (χ0) is 9.99. The van der Waals surface area contributed by atoms with Crippen molar-refractivity contribution < 1.29 is 23.9 Å². The molecule has 5 nitrogen and oxygen atoms in total. The summed E-state index contributed by atoms with van der Waals surface area (Å²) in [7, 11) is -3.97. The van der Waals surface area contributed by atoms with Gasteiger partial charge in [-0.1, -0.05) is 0 Å². The summed E-state index contributed by atoms with van der Waals surface area (Å²) in [5.41, 5.74) is -0.806. The summed E-state index contributed by atoms with van der Waals surface area (Å²) >= 11 is 0. The Balaban J connectivity index is 4.24. The lowest BCUT2D eigenvalue weighted by Gasteiger charge is -2.22. The second kappa shape index (κ2) is 3.56. The summed E-state index contributed by atoms with van der Waals surface area (Å²) in [5, 5.41) is 8.23. The summed E-state index contributed by atoms with van der Waals surface area (Å²) in [4.78, 5) is 19.1. The smallest absolute Gasteiger partial charge is 0.339 e. The highest BCUT2D eigenvalue weighted by molar-refractivity contribution is 7.53. The second-order valence-corrected chi connectivity index (χ2v) is 5.17. The largest absolute Gasteiger partial charge is 0.481 e. The Morgan fingerprint density at radius 2 is 1.92 bits per heavy atom. The van der Waals surface area contributed by atoms with Gasteiger partial charge in [-0.2, -0.15) is 0 Å². The van der Waals surface area contributed by atoms with Gasteiger partial charge in [-0.05, 0) is 20.8 Å². The van der Waals surface area contributed by atoms with Gasteiger partial charge < -0.3 is 14.5 Å². The molecule has 0 saturated heterocycles. The van der Waals surface area contributed by atoms with E-state index in [2.05, 4.69) is 4.52 Å². The highest BCUT2D eigenvalue weighted by Gasteiger charge is 2.29. The predicted molar refractivity (Wildman–Crippen MR) is 43.2 cm³/mol. The Kier molecular flexibility index (Phi) is 3.45. The maximum absolute atomic E-state index is 11.0. The molecule has 0 amide bonds. The number of hydrogen-bond donors (Lipinski definition) is 2. The number of carboxylic acids is 1. The molecule has 0 aliphatic rings. The molecule has 0 aromatic heterocycles. The molecule has 0 bridgehead atoms. The van der Waals surface area contributed by atoms with Gasteiger partial charge in [0.05, 0.1) is 5.60 Å². The molecule has 6 heteroatoms. The number of rotatable bonds is 3. The molecular weight excluding hydrogens is 183 g/mol. The summed E-state index contributed by atoms with van der Waals surface area (Å²) < 4.78 is 15.7. The van der Waals surface area contributed by atoms with Crippen LogP contribution in [0.1, 0.15) is 20.8 Å². The molecule has 0 aromatic rings. The van der Waals surface area contributed by atoms with E-state index in [1.807, 2.05) is 0 Å². The number of carbonyl (C=O) groups is 1. The Hall–Kier alpha value is -0.380. The van der Waals surface area contributed by atoms with E-state index < -0.39 is 25.3 Å². The summed E-state index contributed by atoms with van der Waals surface area (Å²) in [6.07, 6.45) is -0.857. The van der Waals surface area contributed by atoms with Crippen LogP contribution < -0.4 is 0 Å². The van der Waals surface area contributed by atoms with Crippen molar-refractivity contribution in [2.45, 2.75) is 26.4 Å². The van der Waals surface area contributed by atoms with Crippen molar-refractivity contribution in [3.05, 3.63) is 0 Å². The van der Waals surface area contributed by atoms with E-state index in [4.69, 9.17) is 10.00 Å². The Morgan fingerprint density at radius 1 is 1.50 bits per heavy atom. The third kappa shape index (κ3) is 6.34. The van der Waals surface area contributed by atoms with Crippen LogP contribution in [0.25, 0.3) is 0 Å². The standard InChI is InChI=1S/C6H13O5P/c1-6(2,3)11-12(9,10)4-5(7)8/h4H2,1-3H3,(H,7,8)(H,9,10). The van der Waals surface area contributed by atoms with Crippen LogP contribution in [-0.4, -0.2) is 27.7 Å². The van der Waals surface area contributed by atoms with Crippen LogP contribution in [0.2, 0.25) is 0 Å². The molecule has 0 saturated carbocycles. The van der Waals surface area contributed by atoms with Crippen molar-refractivity contribution in [2.24, 2.45) is 0 Å². The maximum Gasteiger partial charge on any atom is 0.339 e. The molecule has 0 aromatic carbocycles. The lowest BCUT2D eigenvalue weighted by Crippen LogP contribution is -2.19. The van der Waals surface area contributed by atoms with Crippen LogP contribution in [-0.2, 0) is 13.9 Å². The third-order valence-electron chi connectivity index (χ3n) is 0.752. The lowest BCUT2D eigenvalue weighted by molar-refractivity contribution is -0.134. The molecule has 0 radical (unpaired) electrons. The Labute approximate surface area is 70.9 Å². The van der Waals surface area contributed by atoms with E-state index in [1.54, 1.807) is 20.8 Å². The van der Waals surface area contributed by atoms with Crippen LogP contribution in [0, 0.1) is 0 Å². The monoisotopic (exact) mass is 196 g/mol. The summed E-state index contributed by atoms with van der Waals surface area (Å²) in [6, 6.07) is 0. The first-order valence-electron chi connectivity index (χ1n) is 3.37. The predicted octanol–water partition coefficient (Wildman–Crippen LogP) is 1.07. The fourth-order valence-corrected chi connectivity index (χ4v) is 1.89. The molecule has 12 heavy (non-hydrogen) atoms. The van der Waals surface area contributed by atoms with E-state index in [0.717, 1.165) is 0 Å². The number of carboxylic acid groups (broad SMARTS) is 1. The van der Waals surface area contributed by atoms with Crippen LogP contribution in [0.3, 0.4) is 0 Å². The van der Waals surface area contributed by atoms with Crippen molar-refractivity contribution in [1.29, 1.82) is 0 Å². The lowest BCUT2D eigenvalue weighted by atomic mass is 10.2. The zero-order valence-corrected chi connectivity index (χ0v) is 8.17. The first kappa shape index (κ1) is 11.6. The van der Waals surface area contributed by atoms with Gasteiger partial charge in [-0.15, -0.1) is 0 Å². The van der Waals surface area contributed by atoms with Crippen LogP contribution in [0.15, 0.2) is 0 Å². The molecule has 0 aliphatic heterocycles. The third-order valence-corrected chi connectivity index (χ3v) is 2.25. The SMILES string of the molecule is CC(C)(C)OP(=O)(O)CC(=O)O. The molecule has 0 rings (SSSR count). The topological polar surface area (TPSA) is 83.8 Å². The fraction of sp³-hybridized carbons (Fsp3) is 0.833. The number of hydrogen-bond acceptors (Lipinski definition) is 3. The van der Waals surface area contributed by atoms with Gasteiger partial charge in [0.25, 0.3) is 0 Å². The van der Waals surface area contributed by atoms with Gasteiger partial charge in [0, 0.05) is 0 Å². The minimum atomic E-state index is -3.97. The van der Waals surface area contributed by atoms with Crippen molar-refractivity contribution in [1.82, 2.24) is 0 Å². The minimum Gasteiger partial charge on any atom is -0.481 e. The van der Waals surface area contributed by atoms with Crippen molar-refractivity contribution in [3.8, 4) is 0 Å². The molecule has 0 fully saturated rings. The van der Waals surface area contributed by atoms with Gasteiger partial charge in [0.15, 0.2) is 0 Å². The first-order chi connectivity index (χ1) is 5.12. The normalized spacial score (nSPS) is 17.0. The van der Waals surface area contributed by atoms with Gasteiger partial charge in [-0.25, -0.2) is 0 Å². The van der Waals surface area contributed by atoms with E-state index >= 15 is 0 Å². The molecule has 1 atom stereocenters. The minimum absolute atomic E-state index is 0.806. The van der Waals surface area contributed by atoms with E-state index in [-0.39, 0.29) is 0 Å². The fourth-order valence-electron chi connectivity index (χ4n) is 0.631. The molecule has 72 valence electrons. The van der Waals surface area contributed by atoms with E-state index in [0.29, 0.717) is 0 Å². The van der Waals surface area contributed by atoms with Crippen LogP contribution in [0.5, 0.6) is 0 Å². The second-order valence-electron chi connectivity index (χ2n) is 3.39. The van der Waals surface area contributed by atoms with Gasteiger partial charge in [0.1, 0.15) is 6.16 Å². The molecule has 1 unspecified atom stereocenters. The first-order valence-corrected chi connectivity index (χ1v) is 5.13. The van der Waals surface area contributed by atoms with Gasteiger partial charge in [0.2, 0.25) is 0 Å². The Morgan fingerprint density at radius 3 is 2.17 bits per heavy atom. The Bertz CT molecular complexity index is 216. The van der Waals surface area contributed by atoms with Crippen molar-refractivity contribution >= 4 is 13.6 Å². The molecule has 0 aliphatic carbocycles. The van der Waals surface area contributed by atoms with Crippen LogP contribution in [0.4, 0.5) is 0 Å². The quantitative estimate of drug-likeness (QED) is 0.659. The highest BCUT2D eigenvalue weighted by atomic mass is 31.2. The average Bonchev–Trinajstić information content (AvgIpc) is 1.48. The summed E-state index contributed by atoms with van der Waals surface area (Å²) in [6.45, 7) is 4.74.